The molecular formula is C18H36N2O4P2S7. The zero-order valence-corrected chi connectivity index (χ0v) is 27.3. The zero-order valence-electron chi connectivity index (χ0n) is 19.8. The van der Waals surface area contributed by atoms with E-state index in [-0.39, 0.29) is 0 Å². The van der Waals surface area contributed by atoms with E-state index >= 15 is 0 Å². The Bertz CT molecular complexity index is 645. The molecule has 1 heterocycles. The van der Waals surface area contributed by atoms with E-state index in [1.54, 1.807) is 0 Å². The first-order chi connectivity index (χ1) is 15.9. The molecule has 1 aromatic rings. The Balaban J connectivity index is 2.63. The van der Waals surface area contributed by atoms with Gasteiger partial charge in [0.25, 0.3) is 11.4 Å². The largest absolute Gasteiger partial charge is 0.321 e. The van der Waals surface area contributed by atoms with Crippen molar-refractivity contribution in [2.75, 3.05) is 26.4 Å². The molecule has 0 fully saturated rings. The van der Waals surface area contributed by atoms with Crippen molar-refractivity contribution in [2.45, 2.75) is 87.7 Å². The van der Waals surface area contributed by atoms with Gasteiger partial charge in [-0.15, -0.1) is 10.2 Å². The molecule has 194 valence electrons. The molecule has 0 aromatic carbocycles. The van der Waals surface area contributed by atoms with Gasteiger partial charge in [-0.05, 0) is 70.9 Å². The van der Waals surface area contributed by atoms with Gasteiger partial charge in [-0.1, -0.05) is 64.7 Å². The van der Waals surface area contributed by atoms with Crippen LogP contribution in [0.5, 0.6) is 0 Å². The Labute approximate surface area is 229 Å². The van der Waals surface area contributed by atoms with Crippen LogP contribution in [0, 0.1) is 0 Å². The highest BCUT2D eigenvalue weighted by Crippen LogP contribution is 2.69. The van der Waals surface area contributed by atoms with Crippen LogP contribution in [0.2, 0.25) is 0 Å². The quantitative estimate of drug-likeness (QED) is 0.0696. The van der Waals surface area contributed by atoms with Crippen molar-refractivity contribution in [3.63, 3.8) is 0 Å². The molecule has 33 heavy (non-hydrogen) atoms. The third-order valence-corrected chi connectivity index (χ3v) is 21.8. The van der Waals surface area contributed by atoms with Gasteiger partial charge in [0, 0.05) is 20.8 Å². The SMILES string of the molecule is CCCCOP(=S)(OCCCC)SSc1nnc(SSP(=S)(OCCCC)OCCCC)s1. The zero-order chi connectivity index (χ0) is 24.4. The number of unbranched alkanes of at least 4 members (excludes halogenated alkanes) is 4. The summed E-state index contributed by atoms with van der Waals surface area (Å²) < 4.78 is 25.6. The van der Waals surface area contributed by atoms with Crippen LogP contribution in [0.3, 0.4) is 0 Å². The molecule has 0 saturated heterocycles. The van der Waals surface area contributed by atoms with Crippen molar-refractivity contribution in [2.24, 2.45) is 0 Å². The van der Waals surface area contributed by atoms with Gasteiger partial charge >= 0.3 is 0 Å². The van der Waals surface area contributed by atoms with E-state index in [4.69, 9.17) is 41.7 Å². The van der Waals surface area contributed by atoms with Crippen LogP contribution >= 0.6 is 65.1 Å². The molecule has 0 radical (unpaired) electrons. The van der Waals surface area contributed by atoms with E-state index < -0.39 is 11.4 Å². The van der Waals surface area contributed by atoms with E-state index in [1.807, 2.05) is 0 Å². The van der Waals surface area contributed by atoms with Crippen LogP contribution in [-0.2, 0) is 41.7 Å². The lowest BCUT2D eigenvalue weighted by atomic mass is 10.4. The highest BCUT2D eigenvalue weighted by Gasteiger charge is 2.24. The number of nitrogens with zero attached hydrogens (tertiary/aromatic N) is 2. The first-order valence-corrected chi connectivity index (χ1v) is 22.8. The fourth-order valence-electron chi connectivity index (χ4n) is 1.86. The normalized spacial score (nSPS) is 12.5. The van der Waals surface area contributed by atoms with Crippen molar-refractivity contribution < 1.29 is 18.1 Å². The predicted molar refractivity (Wildman–Crippen MR) is 159 cm³/mol. The van der Waals surface area contributed by atoms with Gasteiger partial charge in [-0.2, -0.15) is 0 Å². The highest BCUT2D eigenvalue weighted by molar-refractivity contribution is 9.03. The third-order valence-electron chi connectivity index (χ3n) is 3.78. The molecule has 1 aromatic heterocycles. The van der Waals surface area contributed by atoms with Gasteiger partial charge in [0.2, 0.25) is 0 Å². The second-order valence-electron chi connectivity index (χ2n) is 6.79. The minimum atomic E-state index is -2.42. The number of rotatable bonds is 22. The monoisotopic (exact) mass is 630 g/mol. The molecule has 0 aliphatic heterocycles. The second-order valence-corrected chi connectivity index (χ2v) is 24.2. The summed E-state index contributed by atoms with van der Waals surface area (Å²) in [5.41, 5.74) is -4.84. The first-order valence-electron chi connectivity index (χ1n) is 11.2. The van der Waals surface area contributed by atoms with Crippen LogP contribution in [0.15, 0.2) is 8.68 Å². The predicted octanol–water partition coefficient (Wildman–Crippen LogP) is 9.73. The van der Waals surface area contributed by atoms with Crippen molar-refractivity contribution >= 4 is 88.8 Å². The molecule has 0 saturated carbocycles. The average molecular weight is 631 g/mol. The minimum Gasteiger partial charge on any atom is -0.321 e. The van der Waals surface area contributed by atoms with Gasteiger partial charge < -0.3 is 18.1 Å². The number of aromatic nitrogens is 2. The van der Waals surface area contributed by atoms with Gasteiger partial charge in [0.05, 0.1) is 26.4 Å². The average Bonchev–Trinajstić information content (AvgIpc) is 3.26. The molecule has 0 aliphatic carbocycles. The lowest BCUT2D eigenvalue weighted by Gasteiger charge is -2.20. The molecule has 1 rings (SSSR count). The first kappa shape index (κ1) is 33.1. The van der Waals surface area contributed by atoms with E-state index in [0.717, 1.165) is 60.0 Å². The van der Waals surface area contributed by atoms with E-state index in [1.165, 1.54) is 53.8 Å². The molecular weight excluding hydrogens is 595 g/mol. The van der Waals surface area contributed by atoms with E-state index in [9.17, 15) is 0 Å². The fraction of sp³-hybridized carbons (Fsp3) is 0.889. The maximum Gasteiger partial charge on any atom is 0.258 e. The van der Waals surface area contributed by atoms with E-state index in [2.05, 4.69) is 37.9 Å². The lowest BCUT2D eigenvalue weighted by Crippen LogP contribution is -1.96. The van der Waals surface area contributed by atoms with Crippen molar-refractivity contribution in [1.29, 1.82) is 0 Å². The Morgan fingerprint density at radius 3 is 1.21 bits per heavy atom. The molecule has 0 atom stereocenters. The Hall–Kier alpha value is 2.10. The lowest BCUT2D eigenvalue weighted by molar-refractivity contribution is 0.253. The van der Waals surface area contributed by atoms with Crippen molar-refractivity contribution in [1.82, 2.24) is 10.2 Å². The van der Waals surface area contributed by atoms with Crippen LogP contribution in [0.4, 0.5) is 0 Å². The van der Waals surface area contributed by atoms with Gasteiger partial charge in [0.1, 0.15) is 0 Å². The fourth-order valence-corrected chi connectivity index (χ4v) is 16.9. The molecule has 0 aliphatic rings. The van der Waals surface area contributed by atoms with Crippen LogP contribution < -0.4 is 0 Å². The summed E-state index contributed by atoms with van der Waals surface area (Å²) in [6.45, 7) is 11.0. The maximum absolute atomic E-state index is 5.98. The van der Waals surface area contributed by atoms with Crippen LogP contribution in [0.1, 0.15) is 79.1 Å². The topological polar surface area (TPSA) is 62.7 Å². The summed E-state index contributed by atoms with van der Waals surface area (Å²) in [6, 6.07) is 0. The van der Waals surface area contributed by atoms with E-state index in [0.29, 0.717) is 26.4 Å². The summed E-state index contributed by atoms with van der Waals surface area (Å²) >= 11 is 13.0. The summed E-state index contributed by atoms with van der Waals surface area (Å²) in [7, 11) is 5.91. The molecule has 15 heteroatoms. The van der Waals surface area contributed by atoms with Crippen LogP contribution in [0.25, 0.3) is 0 Å². The maximum atomic E-state index is 5.98. The molecule has 0 bridgehead atoms. The van der Waals surface area contributed by atoms with Crippen molar-refractivity contribution in [3.05, 3.63) is 0 Å². The number of hydrogen-bond donors (Lipinski definition) is 0. The Morgan fingerprint density at radius 2 is 0.939 bits per heavy atom. The third kappa shape index (κ3) is 15.8. The Kier molecular flexibility index (Phi) is 20.2. The Morgan fingerprint density at radius 1 is 0.636 bits per heavy atom. The van der Waals surface area contributed by atoms with Gasteiger partial charge in [-0.25, -0.2) is 0 Å². The minimum absolute atomic E-state index is 0.627. The second kappa shape index (κ2) is 20.1. The summed E-state index contributed by atoms with van der Waals surface area (Å²) in [5, 5.41) is 8.59. The summed E-state index contributed by atoms with van der Waals surface area (Å²) in [5.74, 6) is 0. The van der Waals surface area contributed by atoms with Gasteiger partial charge in [-0.3, -0.25) is 0 Å². The standard InChI is InChI=1S/C18H36N2O4P2S7/c1-5-9-13-21-25(27,22-14-10-6-2)32-30-17-19-20-18(29-17)31-33-26(28,23-15-11-7-3)24-16-12-8-4/h5-16H2,1-4H3. The van der Waals surface area contributed by atoms with Crippen LogP contribution in [-0.4, -0.2) is 36.6 Å². The highest BCUT2D eigenvalue weighted by atomic mass is 33.4. The summed E-state index contributed by atoms with van der Waals surface area (Å²) in [4.78, 5) is 0. The molecule has 0 spiro atoms. The van der Waals surface area contributed by atoms with Gasteiger partial charge in [0.15, 0.2) is 8.68 Å². The number of hydrogen-bond acceptors (Lipinski definition) is 13. The van der Waals surface area contributed by atoms with Crippen molar-refractivity contribution in [3.8, 4) is 0 Å². The smallest absolute Gasteiger partial charge is 0.258 e. The summed E-state index contributed by atoms with van der Waals surface area (Å²) in [6.07, 6.45) is 8.16. The molecule has 0 N–H and O–H groups in total. The molecule has 6 nitrogen and oxygen atoms in total. The molecule has 0 amide bonds. The molecule has 0 unspecified atom stereocenters.